The molecular weight excluding hydrogens is 352 g/mol. The first-order valence-corrected chi connectivity index (χ1v) is 7.54. The molecule has 8 nitrogen and oxygen atoms in total. The summed E-state index contributed by atoms with van der Waals surface area (Å²) in [6.07, 6.45) is 0.231. The molecule has 1 aromatic carbocycles. The van der Waals surface area contributed by atoms with E-state index in [0.717, 1.165) is 0 Å². The van der Waals surface area contributed by atoms with Crippen molar-refractivity contribution in [2.45, 2.75) is 12.5 Å². The van der Waals surface area contributed by atoms with E-state index in [-0.39, 0.29) is 36.3 Å². The number of hydrogen-bond donors (Lipinski definition) is 2. The van der Waals surface area contributed by atoms with Crippen LogP contribution in [0, 0.1) is 0 Å². The van der Waals surface area contributed by atoms with Crippen LogP contribution in [-0.2, 0) is 14.3 Å². The van der Waals surface area contributed by atoms with E-state index >= 15 is 0 Å². The predicted molar refractivity (Wildman–Crippen MR) is 94.0 cm³/mol. The summed E-state index contributed by atoms with van der Waals surface area (Å²) in [5, 5.41) is 5.93. The third-order valence-corrected chi connectivity index (χ3v) is 3.63. The van der Waals surface area contributed by atoms with Gasteiger partial charge in [-0.3, -0.25) is 4.79 Å². The molecule has 1 aromatic rings. The van der Waals surface area contributed by atoms with Crippen LogP contribution in [0.25, 0.3) is 0 Å². The molecule has 1 fully saturated rings. The minimum absolute atomic E-state index is 0. The van der Waals surface area contributed by atoms with Crippen LogP contribution in [0.1, 0.15) is 16.8 Å². The highest BCUT2D eigenvalue weighted by Gasteiger charge is 2.21. The molecule has 1 heterocycles. The van der Waals surface area contributed by atoms with Gasteiger partial charge in [0.15, 0.2) is 11.5 Å². The van der Waals surface area contributed by atoms with Crippen molar-refractivity contribution in [1.29, 1.82) is 0 Å². The molecular formula is C16H23ClN2O6. The molecule has 1 saturated heterocycles. The number of nitrogens with one attached hydrogen (secondary N) is 2. The summed E-state index contributed by atoms with van der Waals surface area (Å²) in [6.45, 7) is 1.82. The fourth-order valence-electron chi connectivity index (χ4n) is 2.44. The van der Waals surface area contributed by atoms with Crippen molar-refractivity contribution in [2.24, 2.45) is 0 Å². The van der Waals surface area contributed by atoms with Gasteiger partial charge in [0.05, 0.1) is 45.8 Å². The summed E-state index contributed by atoms with van der Waals surface area (Å²) in [5.74, 6) is -0.0430. The van der Waals surface area contributed by atoms with Gasteiger partial charge in [0.25, 0.3) is 0 Å². The second-order valence-corrected chi connectivity index (χ2v) is 5.22. The molecule has 0 aliphatic carbocycles. The molecule has 1 aliphatic heterocycles. The van der Waals surface area contributed by atoms with E-state index in [1.807, 2.05) is 0 Å². The highest BCUT2D eigenvalue weighted by molar-refractivity contribution is 6.02. The molecule has 140 valence electrons. The third kappa shape index (κ3) is 5.48. The number of esters is 1. The number of benzene rings is 1. The number of halogens is 1. The monoisotopic (exact) mass is 374 g/mol. The lowest BCUT2D eigenvalue weighted by Crippen LogP contribution is -2.43. The quantitative estimate of drug-likeness (QED) is 0.723. The Labute approximate surface area is 152 Å². The Kier molecular flexibility index (Phi) is 8.47. The van der Waals surface area contributed by atoms with E-state index < -0.39 is 5.97 Å². The number of hydrogen-bond acceptors (Lipinski definition) is 7. The molecule has 0 saturated carbocycles. The largest absolute Gasteiger partial charge is 0.493 e. The van der Waals surface area contributed by atoms with E-state index in [0.29, 0.717) is 36.9 Å². The van der Waals surface area contributed by atoms with Crippen LogP contribution in [0.4, 0.5) is 5.69 Å². The lowest BCUT2D eigenvalue weighted by molar-refractivity contribution is -0.117. The van der Waals surface area contributed by atoms with Gasteiger partial charge in [0, 0.05) is 31.1 Å². The standard InChI is InChI=1S/C16H22N2O6.ClH/c1-21-13-7-11(16(20)23-3)12(8-14(13)22-2)18-15(19)6-10-9-24-5-4-17-10;/h7-8,10,17H,4-6,9H2,1-3H3,(H,18,19);1H. The van der Waals surface area contributed by atoms with Crippen LogP contribution in [0.2, 0.25) is 0 Å². The first kappa shape index (κ1) is 21.0. The van der Waals surface area contributed by atoms with Gasteiger partial charge in [-0.1, -0.05) is 0 Å². The van der Waals surface area contributed by atoms with Gasteiger partial charge in [-0.15, -0.1) is 12.4 Å². The summed E-state index contributed by atoms with van der Waals surface area (Å²) >= 11 is 0. The Morgan fingerprint density at radius 3 is 2.48 bits per heavy atom. The molecule has 1 amide bonds. The fourth-order valence-corrected chi connectivity index (χ4v) is 2.44. The molecule has 0 bridgehead atoms. The zero-order valence-corrected chi connectivity index (χ0v) is 15.2. The second kappa shape index (κ2) is 10.1. The highest BCUT2D eigenvalue weighted by atomic mass is 35.5. The minimum Gasteiger partial charge on any atom is -0.493 e. The van der Waals surface area contributed by atoms with Gasteiger partial charge >= 0.3 is 5.97 Å². The summed E-state index contributed by atoms with van der Waals surface area (Å²) in [6, 6.07) is 2.95. The van der Waals surface area contributed by atoms with E-state index in [4.69, 9.17) is 18.9 Å². The molecule has 1 unspecified atom stereocenters. The van der Waals surface area contributed by atoms with Crippen molar-refractivity contribution >= 4 is 30.0 Å². The maximum Gasteiger partial charge on any atom is 0.340 e. The Bertz CT molecular complexity index is 605. The van der Waals surface area contributed by atoms with E-state index in [1.165, 1.54) is 33.5 Å². The van der Waals surface area contributed by atoms with Crippen molar-refractivity contribution in [3.8, 4) is 11.5 Å². The number of rotatable bonds is 6. The number of anilines is 1. The lowest BCUT2D eigenvalue weighted by atomic mass is 10.1. The normalized spacial score (nSPS) is 16.4. The summed E-state index contributed by atoms with van der Waals surface area (Å²) in [4.78, 5) is 24.2. The van der Waals surface area contributed by atoms with Gasteiger partial charge in [-0.2, -0.15) is 0 Å². The molecule has 0 spiro atoms. The topological polar surface area (TPSA) is 95.1 Å². The zero-order chi connectivity index (χ0) is 17.5. The van der Waals surface area contributed by atoms with Crippen LogP contribution in [0.15, 0.2) is 12.1 Å². The Balaban J connectivity index is 0.00000312. The first-order chi connectivity index (χ1) is 11.6. The first-order valence-electron chi connectivity index (χ1n) is 7.54. The smallest absolute Gasteiger partial charge is 0.340 e. The van der Waals surface area contributed by atoms with Crippen LogP contribution < -0.4 is 20.1 Å². The van der Waals surface area contributed by atoms with Gasteiger partial charge in [-0.25, -0.2) is 4.79 Å². The van der Waals surface area contributed by atoms with Crippen molar-refractivity contribution in [3.63, 3.8) is 0 Å². The number of morpholine rings is 1. The van der Waals surface area contributed by atoms with E-state index in [1.54, 1.807) is 0 Å². The van der Waals surface area contributed by atoms with E-state index in [2.05, 4.69) is 10.6 Å². The van der Waals surface area contributed by atoms with Crippen LogP contribution in [-0.4, -0.2) is 59.0 Å². The average Bonchev–Trinajstić information content (AvgIpc) is 2.61. The van der Waals surface area contributed by atoms with Crippen molar-refractivity contribution < 1.29 is 28.5 Å². The molecule has 1 atom stereocenters. The third-order valence-electron chi connectivity index (χ3n) is 3.63. The summed E-state index contributed by atoms with van der Waals surface area (Å²) in [7, 11) is 4.21. The maximum absolute atomic E-state index is 12.3. The molecule has 0 aromatic heterocycles. The lowest BCUT2D eigenvalue weighted by Gasteiger charge is -2.23. The maximum atomic E-state index is 12.3. The second-order valence-electron chi connectivity index (χ2n) is 5.22. The van der Waals surface area contributed by atoms with Gasteiger partial charge in [-0.05, 0) is 0 Å². The molecule has 25 heavy (non-hydrogen) atoms. The van der Waals surface area contributed by atoms with Crippen molar-refractivity contribution in [1.82, 2.24) is 5.32 Å². The fraction of sp³-hybridized carbons (Fsp3) is 0.500. The van der Waals surface area contributed by atoms with Crippen molar-refractivity contribution in [2.75, 3.05) is 46.4 Å². The minimum atomic E-state index is -0.578. The number of methoxy groups -OCH3 is 3. The number of carbonyl (C=O) groups is 2. The van der Waals surface area contributed by atoms with Crippen molar-refractivity contribution in [3.05, 3.63) is 17.7 Å². The molecule has 2 N–H and O–H groups in total. The van der Waals surface area contributed by atoms with Crippen LogP contribution >= 0.6 is 12.4 Å². The number of ether oxygens (including phenoxy) is 4. The SMILES string of the molecule is COC(=O)c1cc(OC)c(OC)cc1NC(=O)CC1COCCN1.Cl. The highest BCUT2D eigenvalue weighted by Crippen LogP contribution is 2.33. The molecule has 1 aliphatic rings. The number of amides is 1. The molecule has 9 heteroatoms. The van der Waals surface area contributed by atoms with Crippen LogP contribution in [0.5, 0.6) is 11.5 Å². The number of carbonyl (C=O) groups excluding carboxylic acids is 2. The van der Waals surface area contributed by atoms with Gasteiger partial charge in [0.2, 0.25) is 5.91 Å². The van der Waals surface area contributed by atoms with E-state index in [9.17, 15) is 9.59 Å². The molecule has 0 radical (unpaired) electrons. The van der Waals surface area contributed by atoms with Crippen LogP contribution in [0.3, 0.4) is 0 Å². The zero-order valence-electron chi connectivity index (χ0n) is 14.4. The molecule has 2 rings (SSSR count). The Hall–Kier alpha value is -2.03. The summed E-state index contributed by atoms with van der Waals surface area (Å²) in [5.41, 5.74) is 0.498. The predicted octanol–water partition coefficient (Wildman–Crippen LogP) is 1.23. The Morgan fingerprint density at radius 1 is 1.24 bits per heavy atom. The van der Waals surface area contributed by atoms with Gasteiger partial charge < -0.3 is 29.6 Å². The Morgan fingerprint density at radius 2 is 1.92 bits per heavy atom. The summed E-state index contributed by atoms with van der Waals surface area (Å²) < 4.78 is 20.5. The average molecular weight is 375 g/mol. The van der Waals surface area contributed by atoms with Gasteiger partial charge in [0.1, 0.15) is 0 Å².